The number of piperidine rings is 1. The largest absolute Gasteiger partial charge is 0.353 e. The van der Waals surface area contributed by atoms with E-state index in [9.17, 15) is 4.79 Å². The second kappa shape index (κ2) is 7.49. The average molecular weight is 345 g/mol. The summed E-state index contributed by atoms with van der Waals surface area (Å²) in [4.78, 5) is 15.4. The lowest BCUT2D eigenvalue weighted by Gasteiger charge is -2.39. The van der Waals surface area contributed by atoms with Crippen LogP contribution in [0.4, 0.5) is 0 Å². The fraction of sp³-hybridized carbons (Fsp3) is 0.650. The van der Waals surface area contributed by atoms with E-state index < -0.39 is 0 Å². The van der Waals surface area contributed by atoms with Gasteiger partial charge in [-0.05, 0) is 61.2 Å². The van der Waals surface area contributed by atoms with Crippen molar-refractivity contribution < 1.29 is 4.79 Å². The van der Waals surface area contributed by atoms with Gasteiger partial charge in [0, 0.05) is 25.2 Å². The van der Waals surface area contributed by atoms with Crippen molar-refractivity contribution in [1.29, 1.82) is 0 Å². The van der Waals surface area contributed by atoms with Crippen LogP contribution in [0.25, 0.3) is 0 Å². The van der Waals surface area contributed by atoms with E-state index in [4.69, 9.17) is 0 Å². The molecule has 0 spiro atoms. The number of likely N-dealkylation sites (tertiary alicyclic amines) is 1. The molecule has 2 saturated heterocycles. The summed E-state index contributed by atoms with van der Waals surface area (Å²) in [7, 11) is 0. The Morgan fingerprint density at radius 2 is 1.79 bits per heavy atom. The third-order valence-electron chi connectivity index (χ3n) is 6.03. The first-order valence-corrected chi connectivity index (χ1v) is 10.7. The summed E-state index contributed by atoms with van der Waals surface area (Å²) in [5, 5.41) is 3.36. The average Bonchev–Trinajstić information content (AvgIpc) is 3.07. The van der Waals surface area contributed by atoms with Crippen molar-refractivity contribution in [2.24, 2.45) is 0 Å². The second-order valence-corrected chi connectivity index (χ2v) is 8.68. The van der Waals surface area contributed by atoms with Gasteiger partial charge < -0.3 is 10.2 Å². The first-order valence-electron chi connectivity index (χ1n) is 9.51. The van der Waals surface area contributed by atoms with E-state index in [-0.39, 0.29) is 11.8 Å². The molecular weight excluding hydrogens is 316 g/mol. The Bertz CT molecular complexity index is 577. The topological polar surface area (TPSA) is 32.3 Å². The number of benzene rings is 1. The standard InChI is InChI=1S/C20H28N2OS/c23-20(19-6-5-15-3-1-2-4-18(15)19)21-16-7-11-22(12-8-16)17-9-13-24-14-10-17/h1-4,16-17,19H,5-14H2,(H,21,23)/t19-/m0/s1. The second-order valence-electron chi connectivity index (χ2n) is 7.45. The highest BCUT2D eigenvalue weighted by Gasteiger charge is 2.31. The number of carbonyl (C=O) groups excluding carboxylic acids is 1. The summed E-state index contributed by atoms with van der Waals surface area (Å²) >= 11 is 2.10. The van der Waals surface area contributed by atoms with Crippen molar-refractivity contribution in [3.8, 4) is 0 Å². The lowest BCUT2D eigenvalue weighted by atomic mass is 9.97. The molecule has 1 atom stereocenters. The van der Waals surface area contributed by atoms with Gasteiger partial charge in [0.15, 0.2) is 0 Å². The molecule has 0 unspecified atom stereocenters. The van der Waals surface area contributed by atoms with E-state index in [0.29, 0.717) is 6.04 Å². The number of nitrogens with zero attached hydrogens (tertiary/aromatic N) is 1. The van der Waals surface area contributed by atoms with Crippen LogP contribution in [0.3, 0.4) is 0 Å². The number of amides is 1. The van der Waals surface area contributed by atoms with Crippen molar-refractivity contribution in [3.63, 3.8) is 0 Å². The van der Waals surface area contributed by atoms with Crippen molar-refractivity contribution >= 4 is 17.7 Å². The lowest BCUT2D eigenvalue weighted by Crippen LogP contribution is -2.49. The maximum Gasteiger partial charge on any atom is 0.227 e. The molecule has 1 aliphatic carbocycles. The summed E-state index contributed by atoms with van der Waals surface area (Å²) in [6.45, 7) is 2.31. The van der Waals surface area contributed by atoms with Crippen LogP contribution in [0.1, 0.15) is 49.1 Å². The molecule has 1 aromatic rings. The fourth-order valence-electron chi connectivity index (χ4n) is 4.59. The number of thioether (sulfide) groups is 1. The van der Waals surface area contributed by atoms with Crippen LogP contribution in [-0.4, -0.2) is 47.5 Å². The van der Waals surface area contributed by atoms with Gasteiger partial charge in [-0.3, -0.25) is 4.79 Å². The molecule has 3 aliphatic rings. The lowest BCUT2D eigenvalue weighted by molar-refractivity contribution is -0.123. The SMILES string of the molecule is O=C(NC1CCN(C2CCSCC2)CC1)[C@H]1CCc2ccccc21. The number of aryl methyl sites for hydroxylation is 1. The van der Waals surface area contributed by atoms with Gasteiger partial charge in [0.1, 0.15) is 0 Å². The summed E-state index contributed by atoms with van der Waals surface area (Å²) < 4.78 is 0. The quantitative estimate of drug-likeness (QED) is 0.914. The van der Waals surface area contributed by atoms with Crippen LogP contribution in [0.15, 0.2) is 24.3 Å². The normalized spacial score (nSPS) is 26.2. The molecule has 3 nitrogen and oxygen atoms in total. The number of fused-ring (bicyclic) bond motifs is 1. The van der Waals surface area contributed by atoms with E-state index in [1.54, 1.807) is 0 Å². The molecule has 2 aliphatic heterocycles. The molecule has 2 heterocycles. The predicted molar refractivity (Wildman–Crippen MR) is 101 cm³/mol. The minimum atomic E-state index is 0.0783. The van der Waals surface area contributed by atoms with Gasteiger partial charge in [0.2, 0.25) is 5.91 Å². The summed E-state index contributed by atoms with van der Waals surface area (Å²) in [5.74, 6) is 2.98. The maximum absolute atomic E-state index is 12.7. The highest BCUT2D eigenvalue weighted by molar-refractivity contribution is 7.99. The smallest absolute Gasteiger partial charge is 0.227 e. The van der Waals surface area contributed by atoms with Gasteiger partial charge in [-0.25, -0.2) is 0 Å². The van der Waals surface area contributed by atoms with Gasteiger partial charge in [-0.1, -0.05) is 24.3 Å². The van der Waals surface area contributed by atoms with Gasteiger partial charge >= 0.3 is 0 Å². The number of hydrogen-bond acceptors (Lipinski definition) is 3. The molecule has 0 bridgehead atoms. The van der Waals surface area contributed by atoms with Crippen LogP contribution in [0.5, 0.6) is 0 Å². The zero-order valence-electron chi connectivity index (χ0n) is 14.4. The molecule has 4 rings (SSSR count). The monoisotopic (exact) mass is 344 g/mol. The van der Waals surface area contributed by atoms with E-state index in [2.05, 4.69) is 46.2 Å². The number of nitrogens with one attached hydrogen (secondary N) is 1. The number of hydrogen-bond donors (Lipinski definition) is 1. The zero-order chi connectivity index (χ0) is 16.4. The molecule has 0 saturated carbocycles. The molecule has 1 amide bonds. The van der Waals surface area contributed by atoms with Crippen molar-refractivity contribution in [3.05, 3.63) is 35.4 Å². The van der Waals surface area contributed by atoms with Gasteiger partial charge in [0.25, 0.3) is 0 Å². The van der Waals surface area contributed by atoms with Crippen LogP contribution in [-0.2, 0) is 11.2 Å². The van der Waals surface area contributed by atoms with E-state index in [0.717, 1.165) is 44.8 Å². The minimum Gasteiger partial charge on any atom is -0.353 e. The summed E-state index contributed by atoms with van der Waals surface area (Å²) in [6, 6.07) is 9.62. The Labute approximate surface area is 149 Å². The zero-order valence-corrected chi connectivity index (χ0v) is 15.2. The van der Waals surface area contributed by atoms with Crippen LogP contribution in [0, 0.1) is 0 Å². The Morgan fingerprint density at radius 3 is 2.58 bits per heavy atom. The van der Waals surface area contributed by atoms with Gasteiger partial charge in [-0.15, -0.1) is 0 Å². The third-order valence-corrected chi connectivity index (χ3v) is 7.08. The molecule has 1 aromatic carbocycles. The van der Waals surface area contributed by atoms with Crippen molar-refractivity contribution in [1.82, 2.24) is 10.2 Å². The van der Waals surface area contributed by atoms with Gasteiger partial charge in [-0.2, -0.15) is 11.8 Å². The Hall–Kier alpha value is -1.00. The first kappa shape index (κ1) is 16.5. The van der Waals surface area contributed by atoms with E-state index in [1.165, 1.54) is 35.5 Å². The molecule has 24 heavy (non-hydrogen) atoms. The van der Waals surface area contributed by atoms with E-state index >= 15 is 0 Å². The molecule has 130 valence electrons. The van der Waals surface area contributed by atoms with Crippen molar-refractivity contribution in [2.45, 2.75) is 56.5 Å². The first-order chi connectivity index (χ1) is 11.8. The number of rotatable bonds is 3. The van der Waals surface area contributed by atoms with E-state index in [1.807, 2.05) is 0 Å². The summed E-state index contributed by atoms with van der Waals surface area (Å²) in [6.07, 6.45) is 6.95. The molecule has 4 heteroatoms. The Morgan fingerprint density at radius 1 is 1.04 bits per heavy atom. The van der Waals surface area contributed by atoms with Crippen LogP contribution in [0.2, 0.25) is 0 Å². The third kappa shape index (κ3) is 3.50. The summed E-state index contributed by atoms with van der Waals surface area (Å²) in [5.41, 5.74) is 2.62. The molecular formula is C20H28N2OS. The molecule has 0 aromatic heterocycles. The fourth-order valence-corrected chi connectivity index (χ4v) is 5.67. The molecule has 2 fully saturated rings. The minimum absolute atomic E-state index is 0.0783. The van der Waals surface area contributed by atoms with Crippen LogP contribution >= 0.6 is 11.8 Å². The highest BCUT2D eigenvalue weighted by Crippen LogP contribution is 2.33. The number of carbonyl (C=O) groups is 1. The Balaban J connectivity index is 1.29. The predicted octanol–water partition coefficient (Wildman–Crippen LogP) is 3.19. The highest BCUT2D eigenvalue weighted by atomic mass is 32.2. The van der Waals surface area contributed by atoms with Gasteiger partial charge in [0.05, 0.1) is 5.92 Å². The maximum atomic E-state index is 12.7. The molecule has 0 radical (unpaired) electrons. The molecule has 1 N–H and O–H groups in total. The Kier molecular flexibility index (Phi) is 5.14. The van der Waals surface area contributed by atoms with Crippen LogP contribution < -0.4 is 5.32 Å². The van der Waals surface area contributed by atoms with Crippen molar-refractivity contribution in [2.75, 3.05) is 24.6 Å².